The molecule has 0 bridgehead atoms. The van der Waals surface area contributed by atoms with E-state index in [1.54, 1.807) is 0 Å². The smallest absolute Gasteiger partial charge is 0.326 e. The Balaban J connectivity index is 2.44. The predicted octanol–water partition coefficient (Wildman–Crippen LogP) is 0.343. The Kier molecular flexibility index (Phi) is 7.00. The van der Waals surface area contributed by atoms with Crippen molar-refractivity contribution >= 4 is 17.8 Å². The van der Waals surface area contributed by atoms with E-state index < -0.39 is 18.0 Å². The molecule has 0 aromatic carbocycles. The SMILES string of the molecule is O=C(O)CCC[C@@H](NC(=O)C1CCCCCN1)C(=O)O. The number of hydrogen-bond donors (Lipinski definition) is 4. The molecular formula is C13H22N2O5. The van der Waals surface area contributed by atoms with Crippen molar-refractivity contribution in [3.05, 3.63) is 0 Å². The molecule has 1 aliphatic heterocycles. The molecule has 0 aromatic heterocycles. The molecule has 0 radical (unpaired) electrons. The Morgan fingerprint density at radius 1 is 1.20 bits per heavy atom. The number of carbonyl (C=O) groups is 3. The van der Waals surface area contributed by atoms with Crippen LogP contribution in [0.4, 0.5) is 0 Å². The third kappa shape index (κ3) is 6.01. The molecule has 0 spiro atoms. The molecule has 20 heavy (non-hydrogen) atoms. The summed E-state index contributed by atoms with van der Waals surface area (Å²) in [6.07, 6.45) is 3.99. The maximum Gasteiger partial charge on any atom is 0.326 e. The second-order valence-electron chi connectivity index (χ2n) is 5.04. The summed E-state index contributed by atoms with van der Waals surface area (Å²) >= 11 is 0. The first-order chi connectivity index (χ1) is 9.50. The van der Waals surface area contributed by atoms with Gasteiger partial charge in [-0.2, -0.15) is 0 Å². The van der Waals surface area contributed by atoms with Crippen LogP contribution in [0.15, 0.2) is 0 Å². The van der Waals surface area contributed by atoms with Gasteiger partial charge in [0.15, 0.2) is 0 Å². The maximum atomic E-state index is 12.0. The molecule has 4 N–H and O–H groups in total. The third-order valence-corrected chi connectivity index (χ3v) is 3.37. The van der Waals surface area contributed by atoms with Crippen molar-refractivity contribution in [3.63, 3.8) is 0 Å². The number of rotatable bonds is 7. The zero-order valence-electron chi connectivity index (χ0n) is 11.4. The van der Waals surface area contributed by atoms with Gasteiger partial charge in [-0.05, 0) is 32.2 Å². The number of hydrogen-bond acceptors (Lipinski definition) is 4. The summed E-state index contributed by atoms with van der Waals surface area (Å²) in [6.45, 7) is 0.759. The van der Waals surface area contributed by atoms with Crippen LogP contribution in [0.2, 0.25) is 0 Å². The molecular weight excluding hydrogens is 264 g/mol. The van der Waals surface area contributed by atoms with E-state index in [0.29, 0.717) is 6.42 Å². The van der Waals surface area contributed by atoms with Crippen LogP contribution in [0.5, 0.6) is 0 Å². The molecule has 0 aromatic rings. The van der Waals surface area contributed by atoms with Crippen LogP contribution in [-0.4, -0.2) is 46.7 Å². The molecule has 7 nitrogen and oxygen atoms in total. The zero-order chi connectivity index (χ0) is 15.0. The van der Waals surface area contributed by atoms with Crippen molar-refractivity contribution in [1.29, 1.82) is 0 Å². The Labute approximate surface area is 117 Å². The van der Waals surface area contributed by atoms with Gasteiger partial charge in [0.25, 0.3) is 0 Å². The first-order valence-electron chi connectivity index (χ1n) is 6.99. The van der Waals surface area contributed by atoms with E-state index in [9.17, 15) is 14.4 Å². The molecule has 1 rings (SSSR count). The van der Waals surface area contributed by atoms with Gasteiger partial charge in [-0.3, -0.25) is 9.59 Å². The highest BCUT2D eigenvalue weighted by Gasteiger charge is 2.25. The Hall–Kier alpha value is -1.63. The fraction of sp³-hybridized carbons (Fsp3) is 0.769. The van der Waals surface area contributed by atoms with Crippen molar-refractivity contribution < 1.29 is 24.6 Å². The average molecular weight is 286 g/mol. The van der Waals surface area contributed by atoms with Crippen LogP contribution in [0.25, 0.3) is 0 Å². The summed E-state index contributed by atoms with van der Waals surface area (Å²) in [5.74, 6) is -2.40. The van der Waals surface area contributed by atoms with Gasteiger partial charge in [0.2, 0.25) is 5.91 Å². The van der Waals surface area contributed by atoms with Crippen molar-refractivity contribution in [2.24, 2.45) is 0 Å². The Morgan fingerprint density at radius 3 is 2.60 bits per heavy atom. The minimum Gasteiger partial charge on any atom is -0.481 e. The van der Waals surface area contributed by atoms with Gasteiger partial charge < -0.3 is 20.8 Å². The van der Waals surface area contributed by atoms with Crippen LogP contribution >= 0.6 is 0 Å². The predicted molar refractivity (Wildman–Crippen MR) is 71.3 cm³/mol. The first kappa shape index (κ1) is 16.4. The van der Waals surface area contributed by atoms with E-state index in [2.05, 4.69) is 10.6 Å². The summed E-state index contributed by atoms with van der Waals surface area (Å²) in [5.41, 5.74) is 0. The summed E-state index contributed by atoms with van der Waals surface area (Å²) in [7, 11) is 0. The largest absolute Gasteiger partial charge is 0.481 e. The van der Waals surface area contributed by atoms with Crippen LogP contribution < -0.4 is 10.6 Å². The molecule has 2 atom stereocenters. The molecule has 0 aliphatic carbocycles. The highest BCUT2D eigenvalue weighted by Crippen LogP contribution is 2.09. The number of amides is 1. The Bertz CT molecular complexity index is 351. The zero-order valence-corrected chi connectivity index (χ0v) is 11.4. The summed E-state index contributed by atoms with van der Waals surface area (Å²) in [5, 5.41) is 23.2. The van der Waals surface area contributed by atoms with Gasteiger partial charge in [0, 0.05) is 6.42 Å². The molecule has 7 heteroatoms. The van der Waals surface area contributed by atoms with Crippen molar-refractivity contribution in [3.8, 4) is 0 Å². The molecule has 1 heterocycles. The lowest BCUT2D eigenvalue weighted by atomic mass is 10.1. The lowest BCUT2D eigenvalue weighted by Crippen LogP contribution is -2.50. The summed E-state index contributed by atoms with van der Waals surface area (Å²) in [4.78, 5) is 33.5. The van der Waals surface area contributed by atoms with E-state index in [4.69, 9.17) is 10.2 Å². The van der Waals surface area contributed by atoms with Crippen molar-refractivity contribution in [1.82, 2.24) is 10.6 Å². The minimum atomic E-state index is -1.13. The molecule has 1 fully saturated rings. The van der Waals surface area contributed by atoms with Crippen LogP contribution in [-0.2, 0) is 14.4 Å². The molecule has 1 unspecified atom stereocenters. The summed E-state index contributed by atoms with van der Waals surface area (Å²) in [6, 6.07) is -1.37. The quantitative estimate of drug-likeness (QED) is 0.536. The summed E-state index contributed by atoms with van der Waals surface area (Å²) < 4.78 is 0. The van der Waals surface area contributed by atoms with Gasteiger partial charge in [-0.1, -0.05) is 12.8 Å². The number of carboxylic acid groups (broad SMARTS) is 2. The number of carboxylic acids is 2. The van der Waals surface area contributed by atoms with E-state index in [-0.39, 0.29) is 31.2 Å². The molecule has 1 saturated heterocycles. The van der Waals surface area contributed by atoms with Crippen molar-refractivity contribution in [2.45, 2.75) is 57.0 Å². The topological polar surface area (TPSA) is 116 Å². The number of nitrogens with one attached hydrogen (secondary N) is 2. The molecule has 0 saturated carbocycles. The number of carbonyl (C=O) groups excluding carboxylic acids is 1. The van der Waals surface area contributed by atoms with Gasteiger partial charge in [0.05, 0.1) is 6.04 Å². The minimum absolute atomic E-state index is 0.0959. The van der Waals surface area contributed by atoms with E-state index in [1.165, 1.54) is 0 Å². The van der Waals surface area contributed by atoms with Crippen molar-refractivity contribution in [2.75, 3.05) is 6.54 Å². The van der Waals surface area contributed by atoms with E-state index >= 15 is 0 Å². The third-order valence-electron chi connectivity index (χ3n) is 3.37. The number of aliphatic carboxylic acids is 2. The van der Waals surface area contributed by atoms with Gasteiger partial charge in [-0.25, -0.2) is 4.79 Å². The van der Waals surface area contributed by atoms with Crippen LogP contribution in [0.1, 0.15) is 44.9 Å². The van der Waals surface area contributed by atoms with E-state index in [0.717, 1.165) is 25.8 Å². The average Bonchev–Trinajstić information content (AvgIpc) is 2.65. The van der Waals surface area contributed by atoms with Gasteiger partial charge in [-0.15, -0.1) is 0 Å². The standard InChI is InChI=1S/C13H22N2O5/c16-11(17)7-4-6-10(13(19)20)15-12(18)9-5-2-1-3-8-14-9/h9-10,14H,1-8H2,(H,15,18)(H,16,17)(H,19,20)/t9?,10-/m1/s1. The van der Waals surface area contributed by atoms with Gasteiger partial charge in [0.1, 0.15) is 6.04 Å². The second kappa shape index (κ2) is 8.52. The molecule has 1 amide bonds. The normalized spacial score (nSPS) is 20.7. The lowest BCUT2D eigenvalue weighted by molar-refractivity contribution is -0.143. The lowest BCUT2D eigenvalue weighted by Gasteiger charge is -2.19. The highest BCUT2D eigenvalue weighted by atomic mass is 16.4. The fourth-order valence-corrected chi connectivity index (χ4v) is 2.24. The molecule has 114 valence electrons. The maximum absolute atomic E-state index is 12.0. The van der Waals surface area contributed by atoms with E-state index in [1.807, 2.05) is 0 Å². The van der Waals surface area contributed by atoms with Gasteiger partial charge >= 0.3 is 11.9 Å². The Morgan fingerprint density at radius 2 is 1.95 bits per heavy atom. The first-order valence-corrected chi connectivity index (χ1v) is 6.99. The second-order valence-corrected chi connectivity index (χ2v) is 5.04. The fourth-order valence-electron chi connectivity index (χ4n) is 2.24. The van der Waals surface area contributed by atoms with Crippen LogP contribution in [0.3, 0.4) is 0 Å². The highest BCUT2D eigenvalue weighted by molar-refractivity contribution is 5.86. The van der Waals surface area contributed by atoms with Crippen LogP contribution in [0, 0.1) is 0 Å². The molecule has 1 aliphatic rings. The monoisotopic (exact) mass is 286 g/mol.